The third-order valence-corrected chi connectivity index (χ3v) is 5.64. The molecule has 0 unspecified atom stereocenters. The molecule has 3 aromatic rings. The molecule has 0 fully saturated rings. The molecule has 0 spiro atoms. The smallest absolute Gasteiger partial charge is 0.271 e. The minimum atomic E-state index is -3.91. The average molecular weight is 428 g/mol. The monoisotopic (exact) mass is 427 g/mol. The molecule has 3 rings (SSSR count). The van der Waals surface area contributed by atoms with Crippen LogP contribution in [0, 0.1) is 6.92 Å². The highest BCUT2D eigenvalue weighted by molar-refractivity contribution is 7.92. The van der Waals surface area contributed by atoms with E-state index in [1.807, 2.05) is 31.2 Å². The van der Waals surface area contributed by atoms with Gasteiger partial charge in [-0.3, -0.25) is 9.52 Å². The number of para-hydroxylation sites is 1. The van der Waals surface area contributed by atoms with Gasteiger partial charge in [-0.2, -0.15) is 5.10 Å². The Labute approximate surface area is 174 Å². The van der Waals surface area contributed by atoms with E-state index in [9.17, 15) is 13.2 Å². The quantitative estimate of drug-likeness (QED) is 0.456. The average Bonchev–Trinajstić information content (AvgIpc) is 2.70. The third-order valence-electron chi connectivity index (χ3n) is 3.95. The number of hydrazone groups is 1. The van der Waals surface area contributed by atoms with Crippen LogP contribution in [0.1, 0.15) is 21.5 Å². The summed E-state index contributed by atoms with van der Waals surface area (Å²) in [5.41, 5.74) is 4.73. The molecule has 0 aliphatic carbocycles. The Morgan fingerprint density at radius 3 is 2.52 bits per heavy atom. The maximum atomic E-state index is 12.6. The van der Waals surface area contributed by atoms with Crippen LogP contribution >= 0.6 is 11.6 Å². The first-order valence-electron chi connectivity index (χ1n) is 8.63. The van der Waals surface area contributed by atoms with Gasteiger partial charge in [0.2, 0.25) is 0 Å². The molecular formula is C21H18ClN3O3S. The fraction of sp³-hybridized carbons (Fsp3) is 0.0476. The Hall–Kier alpha value is -3.16. The second-order valence-electron chi connectivity index (χ2n) is 6.23. The van der Waals surface area contributed by atoms with Crippen molar-refractivity contribution in [3.63, 3.8) is 0 Å². The molecule has 0 atom stereocenters. The summed E-state index contributed by atoms with van der Waals surface area (Å²) < 4.78 is 27.7. The lowest BCUT2D eigenvalue weighted by Gasteiger charge is -2.10. The fourth-order valence-corrected chi connectivity index (χ4v) is 3.90. The van der Waals surface area contributed by atoms with Crippen LogP contribution in [0.3, 0.4) is 0 Å². The second kappa shape index (κ2) is 8.89. The molecular weight excluding hydrogens is 410 g/mol. The largest absolute Gasteiger partial charge is 0.278 e. The van der Waals surface area contributed by atoms with Gasteiger partial charge < -0.3 is 0 Å². The van der Waals surface area contributed by atoms with Crippen molar-refractivity contribution in [2.24, 2.45) is 5.10 Å². The normalized spacial score (nSPS) is 11.4. The zero-order valence-electron chi connectivity index (χ0n) is 15.5. The molecule has 148 valence electrons. The maximum Gasteiger partial charge on any atom is 0.271 e. The van der Waals surface area contributed by atoms with Gasteiger partial charge in [0, 0.05) is 5.56 Å². The summed E-state index contributed by atoms with van der Waals surface area (Å²) in [6.45, 7) is 1.96. The van der Waals surface area contributed by atoms with Crippen molar-refractivity contribution in [1.82, 2.24) is 5.43 Å². The minimum absolute atomic E-state index is 0.0623. The SMILES string of the molecule is Cc1cccc(/C=N/NC(=O)c2cccc(S(=O)(=O)Nc3ccccc3Cl)c2)c1. The van der Waals surface area contributed by atoms with Crippen LogP contribution in [0.25, 0.3) is 0 Å². The molecule has 0 saturated heterocycles. The molecule has 0 radical (unpaired) electrons. The highest BCUT2D eigenvalue weighted by atomic mass is 35.5. The lowest BCUT2D eigenvalue weighted by Crippen LogP contribution is -2.19. The van der Waals surface area contributed by atoms with Gasteiger partial charge in [-0.1, -0.05) is 59.6 Å². The molecule has 0 bridgehead atoms. The lowest BCUT2D eigenvalue weighted by molar-refractivity contribution is 0.0955. The molecule has 0 aromatic heterocycles. The number of carbonyl (C=O) groups excluding carboxylic acids is 1. The van der Waals surface area contributed by atoms with E-state index >= 15 is 0 Å². The van der Waals surface area contributed by atoms with Crippen molar-refractivity contribution >= 4 is 39.4 Å². The molecule has 1 amide bonds. The number of rotatable bonds is 6. The molecule has 8 heteroatoms. The number of nitrogens with one attached hydrogen (secondary N) is 2. The number of carbonyl (C=O) groups is 1. The summed E-state index contributed by atoms with van der Waals surface area (Å²) in [7, 11) is -3.91. The fourth-order valence-electron chi connectivity index (χ4n) is 2.53. The van der Waals surface area contributed by atoms with Crippen molar-refractivity contribution in [3.05, 3.63) is 94.5 Å². The van der Waals surface area contributed by atoms with E-state index in [1.165, 1.54) is 30.5 Å². The van der Waals surface area contributed by atoms with Crippen molar-refractivity contribution in [2.45, 2.75) is 11.8 Å². The summed E-state index contributed by atoms with van der Waals surface area (Å²) in [5.74, 6) is -0.524. The van der Waals surface area contributed by atoms with E-state index in [0.717, 1.165) is 11.1 Å². The Balaban J connectivity index is 1.74. The standard InChI is InChI=1S/C21H18ClN3O3S/c1-15-6-4-7-16(12-15)14-23-24-21(26)17-8-5-9-18(13-17)29(27,28)25-20-11-3-2-10-19(20)22/h2-14,25H,1H3,(H,24,26)/b23-14+. The third kappa shape index (κ3) is 5.43. The first-order valence-corrected chi connectivity index (χ1v) is 10.5. The second-order valence-corrected chi connectivity index (χ2v) is 8.32. The molecule has 0 saturated carbocycles. The van der Waals surface area contributed by atoms with E-state index in [1.54, 1.807) is 24.3 Å². The van der Waals surface area contributed by atoms with Gasteiger partial charge >= 0.3 is 0 Å². The van der Waals surface area contributed by atoms with Crippen LogP contribution < -0.4 is 10.1 Å². The van der Waals surface area contributed by atoms with Crippen molar-refractivity contribution in [3.8, 4) is 0 Å². The number of halogens is 1. The number of benzene rings is 3. The number of aryl methyl sites for hydroxylation is 1. The molecule has 29 heavy (non-hydrogen) atoms. The van der Waals surface area contributed by atoms with Gasteiger partial charge in [-0.25, -0.2) is 13.8 Å². The van der Waals surface area contributed by atoms with Gasteiger partial charge in [0.1, 0.15) is 0 Å². The van der Waals surface area contributed by atoms with Crippen molar-refractivity contribution < 1.29 is 13.2 Å². The number of hydrogen-bond acceptors (Lipinski definition) is 4. The Morgan fingerprint density at radius 2 is 1.76 bits per heavy atom. The van der Waals surface area contributed by atoms with Crippen LogP contribution in [-0.2, 0) is 10.0 Å². The number of nitrogens with zero attached hydrogens (tertiary/aromatic N) is 1. The van der Waals surface area contributed by atoms with E-state index in [-0.39, 0.29) is 21.2 Å². The van der Waals surface area contributed by atoms with Crippen LogP contribution in [0.2, 0.25) is 5.02 Å². The summed E-state index contributed by atoms with van der Waals surface area (Å²) in [5, 5.41) is 4.20. The summed E-state index contributed by atoms with van der Waals surface area (Å²) in [6, 6.07) is 19.8. The van der Waals surface area contributed by atoms with Gasteiger partial charge in [0.05, 0.1) is 21.8 Å². The summed E-state index contributed by atoms with van der Waals surface area (Å²) >= 11 is 6.01. The molecule has 0 aliphatic heterocycles. The topological polar surface area (TPSA) is 87.6 Å². The van der Waals surface area contributed by atoms with Gasteiger partial charge in [0.25, 0.3) is 15.9 Å². The van der Waals surface area contributed by atoms with Crippen molar-refractivity contribution in [2.75, 3.05) is 4.72 Å². The molecule has 0 aliphatic rings. The zero-order valence-corrected chi connectivity index (χ0v) is 17.0. The van der Waals surface area contributed by atoms with Crippen molar-refractivity contribution in [1.29, 1.82) is 0 Å². The van der Waals surface area contributed by atoms with Crippen LogP contribution in [0.15, 0.2) is 82.8 Å². The first kappa shape index (κ1) is 20.6. The Morgan fingerprint density at radius 1 is 1.00 bits per heavy atom. The van der Waals surface area contributed by atoms with Crippen LogP contribution in [0.4, 0.5) is 5.69 Å². The molecule has 6 nitrogen and oxygen atoms in total. The Kier molecular flexibility index (Phi) is 6.31. The van der Waals surface area contributed by atoms with E-state index in [2.05, 4.69) is 15.2 Å². The van der Waals surface area contributed by atoms with E-state index in [4.69, 9.17) is 11.6 Å². The van der Waals surface area contributed by atoms with E-state index in [0.29, 0.717) is 0 Å². The highest BCUT2D eigenvalue weighted by Crippen LogP contribution is 2.24. The van der Waals surface area contributed by atoms with Gasteiger partial charge in [-0.05, 0) is 42.8 Å². The highest BCUT2D eigenvalue weighted by Gasteiger charge is 2.17. The molecule has 2 N–H and O–H groups in total. The summed E-state index contributed by atoms with van der Waals surface area (Å²) in [4.78, 5) is 12.3. The molecule has 3 aromatic carbocycles. The zero-order chi connectivity index (χ0) is 20.9. The lowest BCUT2D eigenvalue weighted by atomic mass is 10.2. The van der Waals surface area contributed by atoms with Gasteiger partial charge in [-0.15, -0.1) is 0 Å². The number of hydrogen-bond donors (Lipinski definition) is 2. The first-order chi connectivity index (χ1) is 13.8. The Bertz CT molecular complexity index is 1180. The summed E-state index contributed by atoms with van der Waals surface area (Å²) in [6.07, 6.45) is 1.52. The van der Waals surface area contributed by atoms with Crippen LogP contribution in [-0.4, -0.2) is 20.5 Å². The predicted molar refractivity (Wildman–Crippen MR) is 115 cm³/mol. The number of amides is 1. The van der Waals surface area contributed by atoms with Gasteiger partial charge in [0.15, 0.2) is 0 Å². The number of sulfonamides is 1. The van der Waals surface area contributed by atoms with E-state index < -0.39 is 15.9 Å². The molecule has 0 heterocycles. The predicted octanol–water partition coefficient (Wildman–Crippen LogP) is 4.21. The maximum absolute atomic E-state index is 12.6. The minimum Gasteiger partial charge on any atom is -0.278 e. The van der Waals surface area contributed by atoms with Crippen LogP contribution in [0.5, 0.6) is 0 Å². The number of anilines is 1.